The molecule has 0 aromatic carbocycles. The molecule has 0 fully saturated rings. The molecule has 0 atom stereocenters. The number of aryl methyl sites for hydroxylation is 3. The molecule has 0 radical (unpaired) electrons. The Kier molecular flexibility index (Phi) is 5.31. The number of thiazole rings is 1. The van der Waals surface area contributed by atoms with Crippen LogP contribution in [-0.2, 0) is 4.74 Å². The van der Waals surface area contributed by atoms with Crippen LogP contribution in [0.3, 0.4) is 0 Å². The summed E-state index contributed by atoms with van der Waals surface area (Å²) >= 11 is 1.43. The van der Waals surface area contributed by atoms with E-state index in [0.717, 1.165) is 5.01 Å². The standard InChI is InChI=1S/C17H17N3O3S/c1-5-23-17(22)15-10(3)19-9(2)14(15)16(21)12(7-18)6-13-8-24-11(4)20-13/h6,8,19H,5H2,1-4H3/b12-6+. The van der Waals surface area contributed by atoms with Gasteiger partial charge < -0.3 is 9.72 Å². The van der Waals surface area contributed by atoms with Crippen molar-refractivity contribution >= 4 is 29.2 Å². The van der Waals surface area contributed by atoms with Crippen LogP contribution < -0.4 is 0 Å². The van der Waals surface area contributed by atoms with Gasteiger partial charge in [-0.3, -0.25) is 4.79 Å². The van der Waals surface area contributed by atoms with E-state index in [2.05, 4.69) is 9.97 Å². The van der Waals surface area contributed by atoms with E-state index in [9.17, 15) is 14.9 Å². The van der Waals surface area contributed by atoms with Gasteiger partial charge in [-0.2, -0.15) is 5.26 Å². The molecule has 2 aromatic rings. The highest BCUT2D eigenvalue weighted by Crippen LogP contribution is 2.24. The van der Waals surface area contributed by atoms with Gasteiger partial charge in [0.15, 0.2) is 0 Å². The van der Waals surface area contributed by atoms with Crippen molar-refractivity contribution < 1.29 is 14.3 Å². The molecule has 0 saturated carbocycles. The van der Waals surface area contributed by atoms with Crippen molar-refractivity contribution in [3.63, 3.8) is 0 Å². The van der Waals surface area contributed by atoms with Crippen LogP contribution in [0.4, 0.5) is 0 Å². The Morgan fingerprint density at radius 3 is 2.54 bits per heavy atom. The highest BCUT2D eigenvalue weighted by atomic mass is 32.1. The number of aromatic amines is 1. The molecule has 6 nitrogen and oxygen atoms in total. The third-order valence-corrected chi connectivity index (χ3v) is 4.17. The predicted octanol–water partition coefficient (Wildman–Crippen LogP) is 3.36. The fraction of sp³-hybridized carbons (Fsp3) is 0.294. The van der Waals surface area contributed by atoms with E-state index in [4.69, 9.17) is 4.74 Å². The summed E-state index contributed by atoms with van der Waals surface area (Å²) in [6.07, 6.45) is 1.43. The Morgan fingerprint density at radius 2 is 2.00 bits per heavy atom. The first kappa shape index (κ1) is 17.6. The minimum atomic E-state index is -0.579. The predicted molar refractivity (Wildman–Crippen MR) is 91.0 cm³/mol. The summed E-state index contributed by atoms with van der Waals surface area (Å²) in [5.74, 6) is -1.10. The summed E-state index contributed by atoms with van der Waals surface area (Å²) in [6, 6.07) is 1.90. The van der Waals surface area contributed by atoms with Gasteiger partial charge in [0.05, 0.1) is 28.4 Å². The minimum Gasteiger partial charge on any atom is -0.462 e. The van der Waals surface area contributed by atoms with Gasteiger partial charge in [0.1, 0.15) is 11.6 Å². The molecule has 7 heteroatoms. The van der Waals surface area contributed by atoms with Gasteiger partial charge in [-0.1, -0.05) is 0 Å². The summed E-state index contributed by atoms with van der Waals surface area (Å²) in [6.45, 7) is 7.11. The Hall–Kier alpha value is -2.72. The molecule has 0 bridgehead atoms. The number of nitrogens with zero attached hydrogens (tertiary/aromatic N) is 2. The third-order valence-electron chi connectivity index (χ3n) is 3.38. The molecule has 0 unspecified atom stereocenters. The summed E-state index contributed by atoms with van der Waals surface area (Å²) in [4.78, 5) is 32.2. The number of nitrogens with one attached hydrogen (secondary N) is 1. The number of ketones is 1. The molecular weight excluding hydrogens is 326 g/mol. The van der Waals surface area contributed by atoms with Crippen molar-refractivity contribution in [2.75, 3.05) is 6.61 Å². The molecule has 1 N–H and O–H groups in total. The van der Waals surface area contributed by atoms with Crippen LogP contribution in [0, 0.1) is 32.1 Å². The maximum absolute atomic E-state index is 12.8. The number of hydrogen-bond donors (Lipinski definition) is 1. The van der Waals surface area contributed by atoms with Crippen LogP contribution in [0.5, 0.6) is 0 Å². The molecule has 0 aliphatic heterocycles. The second-order valence-corrected chi connectivity index (χ2v) is 6.20. The second-order valence-electron chi connectivity index (χ2n) is 5.14. The lowest BCUT2D eigenvalue weighted by Crippen LogP contribution is -2.13. The summed E-state index contributed by atoms with van der Waals surface area (Å²) in [5, 5.41) is 12.0. The van der Waals surface area contributed by atoms with Gasteiger partial charge in [0.25, 0.3) is 0 Å². The average molecular weight is 343 g/mol. The zero-order chi connectivity index (χ0) is 17.9. The lowest BCUT2D eigenvalue weighted by atomic mass is 9.99. The van der Waals surface area contributed by atoms with Crippen LogP contribution in [0.15, 0.2) is 11.0 Å². The molecule has 0 aliphatic rings. The van der Waals surface area contributed by atoms with E-state index in [-0.39, 0.29) is 23.3 Å². The van der Waals surface area contributed by atoms with Gasteiger partial charge in [-0.25, -0.2) is 9.78 Å². The summed E-state index contributed by atoms with van der Waals surface area (Å²) in [7, 11) is 0. The molecule has 0 aliphatic carbocycles. The highest BCUT2D eigenvalue weighted by Gasteiger charge is 2.27. The van der Waals surface area contributed by atoms with Gasteiger partial charge >= 0.3 is 5.97 Å². The summed E-state index contributed by atoms with van der Waals surface area (Å²) < 4.78 is 5.02. The number of carbonyl (C=O) groups excluding carboxylic acids is 2. The number of aromatic nitrogens is 2. The van der Waals surface area contributed by atoms with E-state index < -0.39 is 11.8 Å². The molecule has 24 heavy (non-hydrogen) atoms. The van der Waals surface area contributed by atoms with Crippen molar-refractivity contribution in [2.45, 2.75) is 27.7 Å². The molecule has 2 heterocycles. The molecule has 0 amide bonds. The zero-order valence-electron chi connectivity index (χ0n) is 13.9. The number of hydrogen-bond acceptors (Lipinski definition) is 6. The van der Waals surface area contributed by atoms with E-state index in [1.807, 2.05) is 13.0 Å². The van der Waals surface area contributed by atoms with E-state index in [1.165, 1.54) is 17.4 Å². The van der Waals surface area contributed by atoms with Gasteiger partial charge in [0.2, 0.25) is 5.78 Å². The molecule has 0 saturated heterocycles. The van der Waals surface area contributed by atoms with Crippen LogP contribution in [0.2, 0.25) is 0 Å². The van der Waals surface area contributed by atoms with E-state index in [1.54, 1.807) is 26.2 Å². The molecular formula is C17H17N3O3S. The SMILES string of the molecule is CCOC(=O)c1c(C)[nH]c(C)c1C(=O)/C(C#N)=C/c1csc(C)n1. The van der Waals surface area contributed by atoms with Gasteiger partial charge in [-0.15, -0.1) is 11.3 Å². The van der Waals surface area contributed by atoms with E-state index >= 15 is 0 Å². The first-order valence-corrected chi connectivity index (χ1v) is 8.21. The molecule has 124 valence electrons. The van der Waals surface area contributed by atoms with Crippen molar-refractivity contribution in [3.05, 3.63) is 44.2 Å². The highest BCUT2D eigenvalue weighted by molar-refractivity contribution is 7.09. The Morgan fingerprint density at radius 1 is 1.33 bits per heavy atom. The van der Waals surface area contributed by atoms with Gasteiger partial charge in [-0.05, 0) is 33.8 Å². The van der Waals surface area contributed by atoms with E-state index in [0.29, 0.717) is 17.1 Å². The fourth-order valence-corrected chi connectivity index (χ4v) is 2.97. The van der Waals surface area contributed by atoms with Crippen LogP contribution in [0.25, 0.3) is 6.08 Å². The van der Waals surface area contributed by atoms with Crippen molar-refractivity contribution in [3.8, 4) is 6.07 Å². The molecule has 2 rings (SSSR count). The Balaban J connectivity index is 2.50. The Labute approximate surface area is 143 Å². The number of Topliss-reactive ketones (excluding diaryl/α,β-unsaturated/α-hetero) is 1. The van der Waals surface area contributed by atoms with Crippen molar-refractivity contribution in [2.24, 2.45) is 0 Å². The first-order valence-electron chi connectivity index (χ1n) is 7.33. The Bertz CT molecular complexity index is 868. The number of allylic oxidation sites excluding steroid dienone is 1. The topological polar surface area (TPSA) is 95.8 Å². The smallest absolute Gasteiger partial charge is 0.340 e. The summed E-state index contributed by atoms with van der Waals surface area (Å²) in [5.41, 5.74) is 1.88. The fourth-order valence-electron chi connectivity index (χ4n) is 2.40. The van der Waals surface area contributed by atoms with Gasteiger partial charge in [0, 0.05) is 16.8 Å². The lowest BCUT2D eigenvalue weighted by Gasteiger charge is -2.05. The number of H-pyrrole nitrogens is 1. The number of ether oxygens (including phenoxy) is 1. The number of nitriles is 1. The van der Waals surface area contributed by atoms with Crippen molar-refractivity contribution in [1.29, 1.82) is 5.26 Å². The maximum atomic E-state index is 12.8. The molecule has 0 spiro atoms. The largest absolute Gasteiger partial charge is 0.462 e. The number of esters is 1. The zero-order valence-corrected chi connectivity index (χ0v) is 14.7. The number of carbonyl (C=O) groups is 2. The lowest BCUT2D eigenvalue weighted by molar-refractivity contribution is 0.0523. The minimum absolute atomic E-state index is 0.0760. The van der Waals surface area contributed by atoms with Crippen molar-refractivity contribution in [1.82, 2.24) is 9.97 Å². The monoisotopic (exact) mass is 343 g/mol. The second kappa shape index (κ2) is 7.23. The van der Waals surface area contributed by atoms with Crippen LogP contribution in [0.1, 0.15) is 49.7 Å². The number of rotatable bonds is 5. The maximum Gasteiger partial charge on any atom is 0.340 e. The molecule has 2 aromatic heterocycles. The third kappa shape index (κ3) is 3.44. The first-order chi connectivity index (χ1) is 11.4. The van der Waals surface area contributed by atoms with Crippen LogP contribution >= 0.6 is 11.3 Å². The van der Waals surface area contributed by atoms with Crippen LogP contribution in [-0.4, -0.2) is 28.3 Å². The quantitative estimate of drug-likeness (QED) is 0.389. The average Bonchev–Trinajstić information content (AvgIpc) is 3.06. The normalized spacial score (nSPS) is 11.2.